The number of rotatable bonds is 3. The van der Waals surface area contributed by atoms with Crippen molar-refractivity contribution in [3.05, 3.63) is 17.5 Å². The van der Waals surface area contributed by atoms with Gasteiger partial charge in [0, 0.05) is 0 Å². The number of carbonyl (C=O) groups is 1. The van der Waals surface area contributed by atoms with Gasteiger partial charge in [0.1, 0.15) is 17.1 Å². The van der Waals surface area contributed by atoms with Crippen LogP contribution in [0.2, 0.25) is 0 Å². The lowest BCUT2D eigenvalue weighted by Gasteiger charge is -2.08. The fraction of sp³-hybridized carbons (Fsp3) is 0.300. The molecule has 0 aliphatic heterocycles. The number of nitrogen functional groups attached to an aromatic ring is 1. The standard InChI is InChI=1S/C10H12N6O2/c1-3-18-10(17)7-5(2)13-9(14-8(7)11)6-4-12-16-15-6/h4H,3H2,1-2H3,(H2,11,13,14)(H,12,15,16). The van der Waals surface area contributed by atoms with E-state index in [-0.39, 0.29) is 18.0 Å². The quantitative estimate of drug-likeness (QED) is 0.751. The van der Waals surface area contributed by atoms with Crippen LogP contribution in [0.1, 0.15) is 23.0 Å². The van der Waals surface area contributed by atoms with Crippen LogP contribution in [0, 0.1) is 6.92 Å². The number of H-pyrrole nitrogens is 1. The van der Waals surface area contributed by atoms with Crippen molar-refractivity contribution in [3.63, 3.8) is 0 Å². The van der Waals surface area contributed by atoms with Crippen molar-refractivity contribution in [2.45, 2.75) is 13.8 Å². The van der Waals surface area contributed by atoms with Crippen LogP contribution in [0.25, 0.3) is 11.5 Å². The van der Waals surface area contributed by atoms with Crippen molar-refractivity contribution in [2.24, 2.45) is 0 Å². The van der Waals surface area contributed by atoms with Crippen molar-refractivity contribution in [1.82, 2.24) is 25.4 Å². The molecule has 2 heterocycles. The van der Waals surface area contributed by atoms with Gasteiger partial charge in [0.2, 0.25) is 0 Å². The molecule has 0 unspecified atom stereocenters. The highest BCUT2D eigenvalue weighted by Gasteiger charge is 2.19. The summed E-state index contributed by atoms with van der Waals surface area (Å²) in [5.74, 6) is -0.148. The molecular formula is C10H12N6O2. The fourth-order valence-electron chi connectivity index (χ4n) is 1.47. The van der Waals surface area contributed by atoms with Gasteiger partial charge in [-0.1, -0.05) is 0 Å². The zero-order chi connectivity index (χ0) is 13.1. The van der Waals surface area contributed by atoms with E-state index in [4.69, 9.17) is 10.5 Å². The monoisotopic (exact) mass is 248 g/mol. The maximum atomic E-state index is 11.7. The number of hydrogen-bond donors (Lipinski definition) is 2. The van der Waals surface area contributed by atoms with Gasteiger partial charge in [-0.25, -0.2) is 14.8 Å². The molecule has 2 aromatic rings. The third-order valence-electron chi connectivity index (χ3n) is 2.24. The molecule has 0 aromatic carbocycles. The summed E-state index contributed by atoms with van der Waals surface area (Å²) >= 11 is 0. The zero-order valence-corrected chi connectivity index (χ0v) is 9.97. The van der Waals surface area contributed by atoms with Crippen LogP contribution < -0.4 is 5.73 Å². The van der Waals surface area contributed by atoms with Crippen molar-refractivity contribution in [2.75, 3.05) is 12.3 Å². The molecule has 18 heavy (non-hydrogen) atoms. The SMILES string of the molecule is CCOC(=O)c1c(C)nc(-c2cn[nH]n2)nc1N. The Labute approximate surface area is 103 Å². The van der Waals surface area contributed by atoms with E-state index in [1.807, 2.05) is 0 Å². The Morgan fingerprint density at radius 1 is 1.50 bits per heavy atom. The molecule has 8 heteroatoms. The lowest BCUT2D eigenvalue weighted by molar-refractivity contribution is 0.0526. The lowest BCUT2D eigenvalue weighted by Crippen LogP contribution is -2.13. The van der Waals surface area contributed by atoms with E-state index in [2.05, 4.69) is 25.4 Å². The van der Waals surface area contributed by atoms with E-state index in [0.717, 1.165) is 0 Å². The minimum atomic E-state index is -0.529. The van der Waals surface area contributed by atoms with Crippen molar-refractivity contribution in [3.8, 4) is 11.5 Å². The van der Waals surface area contributed by atoms with Crippen molar-refractivity contribution >= 4 is 11.8 Å². The zero-order valence-electron chi connectivity index (χ0n) is 9.97. The third-order valence-corrected chi connectivity index (χ3v) is 2.24. The number of aromatic amines is 1. The molecule has 0 aliphatic rings. The van der Waals surface area contributed by atoms with E-state index < -0.39 is 5.97 Å². The molecule has 2 aromatic heterocycles. The molecule has 3 N–H and O–H groups in total. The number of nitrogens with two attached hydrogens (primary N) is 1. The Bertz CT molecular complexity index is 543. The predicted molar refractivity (Wildman–Crippen MR) is 62.5 cm³/mol. The van der Waals surface area contributed by atoms with Crippen LogP contribution in [-0.4, -0.2) is 38.0 Å². The molecule has 0 amide bonds. The highest BCUT2D eigenvalue weighted by molar-refractivity contribution is 5.95. The second-order valence-electron chi connectivity index (χ2n) is 3.47. The first-order valence-corrected chi connectivity index (χ1v) is 5.30. The summed E-state index contributed by atoms with van der Waals surface area (Å²) in [4.78, 5) is 19.9. The van der Waals surface area contributed by atoms with Gasteiger partial charge in [-0.15, -0.1) is 0 Å². The molecular weight excluding hydrogens is 236 g/mol. The molecule has 8 nitrogen and oxygen atoms in total. The predicted octanol–water partition coefficient (Wildman–Crippen LogP) is 0.329. The highest BCUT2D eigenvalue weighted by Crippen LogP contribution is 2.19. The van der Waals surface area contributed by atoms with Crippen LogP contribution in [0.3, 0.4) is 0 Å². The molecule has 0 spiro atoms. The third kappa shape index (κ3) is 2.12. The summed E-state index contributed by atoms with van der Waals surface area (Å²) < 4.78 is 4.89. The number of esters is 1. The van der Waals surface area contributed by atoms with E-state index in [1.54, 1.807) is 13.8 Å². The van der Waals surface area contributed by atoms with E-state index >= 15 is 0 Å². The van der Waals surface area contributed by atoms with Crippen LogP contribution in [0.5, 0.6) is 0 Å². The largest absolute Gasteiger partial charge is 0.462 e. The number of aryl methyl sites for hydroxylation is 1. The summed E-state index contributed by atoms with van der Waals surface area (Å²) in [6, 6.07) is 0. The summed E-state index contributed by atoms with van der Waals surface area (Å²) in [7, 11) is 0. The summed E-state index contributed by atoms with van der Waals surface area (Å²) in [6.45, 7) is 3.64. The Morgan fingerprint density at radius 2 is 2.28 bits per heavy atom. The fourth-order valence-corrected chi connectivity index (χ4v) is 1.47. The van der Waals surface area contributed by atoms with Gasteiger partial charge in [-0.05, 0) is 13.8 Å². The summed E-state index contributed by atoms with van der Waals surface area (Å²) in [5, 5.41) is 9.96. The van der Waals surface area contributed by atoms with Gasteiger partial charge in [0.25, 0.3) is 0 Å². The second kappa shape index (κ2) is 4.78. The first kappa shape index (κ1) is 12.0. The number of hydrogen-bond acceptors (Lipinski definition) is 7. The Kier molecular flexibility index (Phi) is 3.18. The Morgan fingerprint density at radius 3 is 2.83 bits per heavy atom. The van der Waals surface area contributed by atoms with Crippen LogP contribution in [-0.2, 0) is 4.74 Å². The molecule has 0 fully saturated rings. The van der Waals surface area contributed by atoms with Gasteiger partial charge in [-0.2, -0.15) is 15.4 Å². The number of carbonyl (C=O) groups excluding carboxylic acids is 1. The number of nitrogens with zero attached hydrogens (tertiary/aromatic N) is 4. The smallest absolute Gasteiger partial charge is 0.343 e. The molecule has 0 saturated heterocycles. The van der Waals surface area contributed by atoms with Gasteiger partial charge in [-0.3, -0.25) is 0 Å². The molecule has 0 radical (unpaired) electrons. The maximum Gasteiger partial charge on any atom is 0.343 e. The molecule has 0 aliphatic carbocycles. The van der Waals surface area contributed by atoms with Gasteiger partial charge >= 0.3 is 5.97 Å². The first-order chi connectivity index (χ1) is 8.63. The highest BCUT2D eigenvalue weighted by atomic mass is 16.5. The molecule has 0 atom stereocenters. The Balaban J connectivity index is 2.44. The Hall–Kier alpha value is -2.51. The maximum absolute atomic E-state index is 11.7. The van der Waals surface area contributed by atoms with E-state index in [9.17, 15) is 4.79 Å². The van der Waals surface area contributed by atoms with E-state index in [0.29, 0.717) is 17.2 Å². The summed E-state index contributed by atoms with van der Waals surface area (Å²) in [6.07, 6.45) is 1.47. The van der Waals surface area contributed by atoms with Crippen molar-refractivity contribution < 1.29 is 9.53 Å². The van der Waals surface area contributed by atoms with Crippen LogP contribution in [0.15, 0.2) is 6.20 Å². The minimum Gasteiger partial charge on any atom is -0.462 e. The van der Waals surface area contributed by atoms with Crippen LogP contribution >= 0.6 is 0 Å². The molecule has 0 bridgehead atoms. The second-order valence-corrected chi connectivity index (χ2v) is 3.47. The van der Waals surface area contributed by atoms with E-state index in [1.165, 1.54) is 6.20 Å². The van der Waals surface area contributed by atoms with Gasteiger partial charge in [0.05, 0.1) is 18.5 Å². The number of anilines is 1. The first-order valence-electron chi connectivity index (χ1n) is 5.30. The number of aromatic nitrogens is 5. The van der Waals surface area contributed by atoms with Gasteiger partial charge < -0.3 is 10.5 Å². The average molecular weight is 248 g/mol. The topological polar surface area (TPSA) is 120 Å². The van der Waals surface area contributed by atoms with Crippen LogP contribution in [0.4, 0.5) is 5.82 Å². The number of nitrogens with one attached hydrogen (secondary N) is 1. The average Bonchev–Trinajstić information content (AvgIpc) is 2.81. The number of ether oxygens (including phenoxy) is 1. The molecule has 94 valence electrons. The lowest BCUT2D eigenvalue weighted by atomic mass is 10.2. The molecule has 2 rings (SSSR count). The molecule has 0 saturated carbocycles. The normalized spacial score (nSPS) is 10.3. The van der Waals surface area contributed by atoms with Gasteiger partial charge in [0.15, 0.2) is 5.82 Å². The van der Waals surface area contributed by atoms with Crippen molar-refractivity contribution in [1.29, 1.82) is 0 Å². The minimum absolute atomic E-state index is 0.0685. The summed E-state index contributed by atoms with van der Waals surface area (Å²) in [5.41, 5.74) is 6.84.